The second-order valence-corrected chi connectivity index (χ2v) is 6.80. The van der Waals surface area contributed by atoms with Gasteiger partial charge in [0.25, 0.3) is 5.91 Å². The first-order chi connectivity index (χ1) is 12.1. The Morgan fingerprint density at radius 3 is 2.76 bits per heavy atom. The zero-order chi connectivity index (χ0) is 17.8. The zero-order valence-electron chi connectivity index (χ0n) is 15.1. The van der Waals surface area contributed by atoms with Crippen molar-refractivity contribution in [3.8, 4) is 0 Å². The molecular weight excluding hydrogens is 316 g/mol. The number of piperidine rings is 1. The molecule has 1 amide bonds. The molecule has 0 radical (unpaired) electrons. The van der Waals surface area contributed by atoms with Crippen molar-refractivity contribution >= 4 is 5.91 Å². The Kier molecular flexibility index (Phi) is 5.43. The molecule has 1 saturated heterocycles. The van der Waals surface area contributed by atoms with E-state index >= 15 is 0 Å². The summed E-state index contributed by atoms with van der Waals surface area (Å²) in [6, 6.07) is 6.11. The number of hydrogen-bond acceptors (Lipinski definition) is 5. The standard InChI is InChI=1S/C18H26N6O/c1-13(2)23(12-15-6-4-5-9-20-15)18(25)17-14(3)24(22-21-17)16-7-10-19-11-8-16/h4-6,9,13,16,19H,7-8,10-12H2,1-3H3. The van der Waals surface area contributed by atoms with Gasteiger partial charge >= 0.3 is 0 Å². The topological polar surface area (TPSA) is 75.9 Å². The summed E-state index contributed by atoms with van der Waals surface area (Å²) in [5, 5.41) is 11.9. The Labute approximate surface area is 148 Å². The first-order valence-electron chi connectivity index (χ1n) is 8.91. The number of carbonyl (C=O) groups excluding carboxylic acids is 1. The lowest BCUT2D eigenvalue weighted by molar-refractivity contribution is 0.0680. The summed E-state index contributed by atoms with van der Waals surface area (Å²) >= 11 is 0. The predicted octanol–water partition coefficient (Wildman–Crippen LogP) is 1.96. The van der Waals surface area contributed by atoms with Crippen molar-refractivity contribution in [1.29, 1.82) is 0 Å². The van der Waals surface area contributed by atoms with E-state index in [1.807, 2.05) is 43.7 Å². The van der Waals surface area contributed by atoms with Crippen molar-refractivity contribution in [2.45, 2.75) is 52.2 Å². The smallest absolute Gasteiger partial charge is 0.276 e. The molecule has 0 aromatic carbocycles. The third-order valence-corrected chi connectivity index (χ3v) is 4.73. The van der Waals surface area contributed by atoms with Gasteiger partial charge in [-0.1, -0.05) is 11.3 Å². The molecule has 3 rings (SSSR count). The van der Waals surface area contributed by atoms with E-state index in [0.29, 0.717) is 18.3 Å². The number of nitrogens with zero attached hydrogens (tertiary/aromatic N) is 5. The first kappa shape index (κ1) is 17.5. The molecule has 1 N–H and O–H groups in total. The highest BCUT2D eigenvalue weighted by molar-refractivity contribution is 5.93. The van der Waals surface area contributed by atoms with Crippen LogP contribution < -0.4 is 5.32 Å². The van der Waals surface area contributed by atoms with Gasteiger partial charge in [0.2, 0.25) is 0 Å². The fraction of sp³-hybridized carbons (Fsp3) is 0.556. The SMILES string of the molecule is Cc1c(C(=O)N(Cc2ccccn2)C(C)C)nnn1C1CCNCC1. The minimum atomic E-state index is -0.0849. The number of pyridine rings is 1. The van der Waals surface area contributed by atoms with Gasteiger partial charge in [0.1, 0.15) is 0 Å². The maximum atomic E-state index is 13.1. The van der Waals surface area contributed by atoms with Gasteiger partial charge in [0.15, 0.2) is 5.69 Å². The molecule has 25 heavy (non-hydrogen) atoms. The van der Waals surface area contributed by atoms with E-state index in [0.717, 1.165) is 37.3 Å². The lowest BCUT2D eigenvalue weighted by Crippen LogP contribution is -2.37. The quantitative estimate of drug-likeness (QED) is 0.899. The summed E-state index contributed by atoms with van der Waals surface area (Å²) in [5.41, 5.74) is 2.17. The number of aromatic nitrogens is 4. The molecule has 0 spiro atoms. The predicted molar refractivity (Wildman–Crippen MR) is 95.1 cm³/mol. The lowest BCUT2D eigenvalue weighted by atomic mass is 10.1. The van der Waals surface area contributed by atoms with Crippen LogP contribution in [0.25, 0.3) is 0 Å². The van der Waals surface area contributed by atoms with Gasteiger partial charge in [0, 0.05) is 12.2 Å². The molecular formula is C18H26N6O. The van der Waals surface area contributed by atoms with E-state index in [-0.39, 0.29) is 11.9 Å². The Hall–Kier alpha value is -2.28. The molecule has 1 aliphatic heterocycles. The summed E-state index contributed by atoms with van der Waals surface area (Å²) in [7, 11) is 0. The van der Waals surface area contributed by atoms with Crippen molar-refractivity contribution in [1.82, 2.24) is 30.2 Å². The van der Waals surface area contributed by atoms with Crippen LogP contribution in [0.5, 0.6) is 0 Å². The van der Waals surface area contributed by atoms with Crippen LogP contribution in [0.3, 0.4) is 0 Å². The highest BCUT2D eigenvalue weighted by Crippen LogP contribution is 2.21. The highest BCUT2D eigenvalue weighted by Gasteiger charge is 2.27. The van der Waals surface area contributed by atoms with E-state index in [2.05, 4.69) is 20.6 Å². The third kappa shape index (κ3) is 3.87. The second-order valence-electron chi connectivity index (χ2n) is 6.80. The second kappa shape index (κ2) is 7.74. The van der Waals surface area contributed by atoms with Gasteiger partial charge in [-0.25, -0.2) is 4.68 Å². The van der Waals surface area contributed by atoms with Crippen molar-refractivity contribution in [3.63, 3.8) is 0 Å². The van der Waals surface area contributed by atoms with Gasteiger partial charge in [-0.05, 0) is 58.8 Å². The van der Waals surface area contributed by atoms with E-state index in [9.17, 15) is 4.79 Å². The van der Waals surface area contributed by atoms with E-state index in [1.54, 1.807) is 11.1 Å². The van der Waals surface area contributed by atoms with Crippen LogP contribution in [0.2, 0.25) is 0 Å². The number of carbonyl (C=O) groups is 1. The third-order valence-electron chi connectivity index (χ3n) is 4.73. The Bertz CT molecular complexity index is 706. The maximum Gasteiger partial charge on any atom is 0.276 e. The fourth-order valence-corrected chi connectivity index (χ4v) is 3.23. The summed E-state index contributed by atoms with van der Waals surface area (Å²) in [5.74, 6) is -0.0849. The van der Waals surface area contributed by atoms with E-state index < -0.39 is 0 Å². The van der Waals surface area contributed by atoms with Crippen molar-refractivity contribution in [2.24, 2.45) is 0 Å². The first-order valence-corrected chi connectivity index (χ1v) is 8.91. The average molecular weight is 342 g/mol. The molecule has 0 unspecified atom stereocenters. The van der Waals surface area contributed by atoms with Crippen LogP contribution in [0.1, 0.15) is 54.6 Å². The number of hydrogen-bond donors (Lipinski definition) is 1. The molecule has 0 saturated carbocycles. The fourth-order valence-electron chi connectivity index (χ4n) is 3.23. The number of rotatable bonds is 5. The Balaban J connectivity index is 1.81. The molecule has 1 fully saturated rings. The summed E-state index contributed by atoms with van der Waals surface area (Å²) in [6.07, 6.45) is 3.77. The van der Waals surface area contributed by atoms with Gasteiger partial charge < -0.3 is 10.2 Å². The van der Waals surface area contributed by atoms with Gasteiger partial charge in [-0.2, -0.15) is 0 Å². The molecule has 2 aromatic heterocycles. The summed E-state index contributed by atoms with van der Waals surface area (Å²) in [6.45, 7) is 8.38. The normalized spacial score (nSPS) is 15.5. The molecule has 134 valence electrons. The average Bonchev–Trinajstić information content (AvgIpc) is 3.02. The van der Waals surface area contributed by atoms with Crippen LogP contribution in [0.15, 0.2) is 24.4 Å². The van der Waals surface area contributed by atoms with Crippen LogP contribution in [0, 0.1) is 6.92 Å². The number of nitrogens with one attached hydrogen (secondary N) is 1. The molecule has 7 heteroatoms. The number of amides is 1. The molecule has 7 nitrogen and oxygen atoms in total. The van der Waals surface area contributed by atoms with Crippen LogP contribution in [-0.2, 0) is 6.54 Å². The molecule has 2 aromatic rings. The van der Waals surface area contributed by atoms with Crippen LogP contribution >= 0.6 is 0 Å². The lowest BCUT2D eigenvalue weighted by Gasteiger charge is -2.26. The van der Waals surface area contributed by atoms with Crippen LogP contribution in [-0.4, -0.2) is 49.9 Å². The molecule has 0 aliphatic carbocycles. The zero-order valence-corrected chi connectivity index (χ0v) is 15.1. The molecule has 3 heterocycles. The van der Waals surface area contributed by atoms with Crippen LogP contribution in [0.4, 0.5) is 0 Å². The van der Waals surface area contributed by atoms with E-state index in [1.165, 1.54) is 0 Å². The van der Waals surface area contributed by atoms with Crippen molar-refractivity contribution in [2.75, 3.05) is 13.1 Å². The summed E-state index contributed by atoms with van der Waals surface area (Å²) in [4.78, 5) is 19.2. The molecule has 0 bridgehead atoms. The molecule has 0 atom stereocenters. The van der Waals surface area contributed by atoms with Crippen molar-refractivity contribution < 1.29 is 4.79 Å². The molecule has 1 aliphatic rings. The van der Waals surface area contributed by atoms with Crippen molar-refractivity contribution in [3.05, 3.63) is 41.5 Å². The Morgan fingerprint density at radius 2 is 2.12 bits per heavy atom. The Morgan fingerprint density at radius 1 is 1.36 bits per heavy atom. The minimum absolute atomic E-state index is 0.0536. The monoisotopic (exact) mass is 342 g/mol. The van der Waals surface area contributed by atoms with E-state index in [4.69, 9.17) is 0 Å². The largest absolute Gasteiger partial charge is 0.329 e. The van der Waals surface area contributed by atoms with Gasteiger partial charge in [0.05, 0.1) is 24.0 Å². The summed E-state index contributed by atoms with van der Waals surface area (Å²) < 4.78 is 1.92. The maximum absolute atomic E-state index is 13.1. The van der Waals surface area contributed by atoms with Gasteiger partial charge in [-0.3, -0.25) is 9.78 Å². The minimum Gasteiger partial charge on any atom is -0.329 e. The highest BCUT2D eigenvalue weighted by atomic mass is 16.2. The van der Waals surface area contributed by atoms with Gasteiger partial charge in [-0.15, -0.1) is 5.10 Å².